The highest BCUT2D eigenvalue weighted by Gasteiger charge is 2.13. The fraction of sp³-hybridized carbons (Fsp3) is 0.478. The zero-order valence-corrected chi connectivity index (χ0v) is 19.2. The molecule has 0 aliphatic carbocycles. The largest absolute Gasteiger partial charge is 0.481 e. The molecule has 0 radical (unpaired) electrons. The van der Waals surface area contributed by atoms with Crippen LogP contribution < -0.4 is 20.9 Å². The van der Waals surface area contributed by atoms with Gasteiger partial charge in [0, 0.05) is 50.1 Å². The molecule has 3 aromatic heterocycles. The molecule has 0 aliphatic heterocycles. The topological polar surface area (TPSA) is 103 Å². The predicted molar refractivity (Wildman–Crippen MR) is 126 cm³/mol. The van der Waals surface area contributed by atoms with Crippen molar-refractivity contribution in [3.05, 3.63) is 40.9 Å². The van der Waals surface area contributed by atoms with Gasteiger partial charge < -0.3 is 24.7 Å². The summed E-state index contributed by atoms with van der Waals surface area (Å²) in [5.41, 5.74) is 2.72. The van der Waals surface area contributed by atoms with Crippen LogP contribution >= 0.6 is 0 Å². The summed E-state index contributed by atoms with van der Waals surface area (Å²) in [6.07, 6.45) is 4.32. The number of methoxy groups -OCH3 is 1. The van der Waals surface area contributed by atoms with Gasteiger partial charge in [-0.1, -0.05) is 20.8 Å². The van der Waals surface area contributed by atoms with Crippen molar-refractivity contribution in [2.45, 2.75) is 39.8 Å². The van der Waals surface area contributed by atoms with E-state index in [1.54, 1.807) is 30.1 Å². The van der Waals surface area contributed by atoms with E-state index < -0.39 is 0 Å². The van der Waals surface area contributed by atoms with Crippen LogP contribution in [0.15, 0.2) is 35.4 Å². The lowest BCUT2D eigenvalue weighted by atomic mass is 10.2. The van der Waals surface area contributed by atoms with Crippen LogP contribution in [0.1, 0.15) is 27.2 Å². The van der Waals surface area contributed by atoms with Gasteiger partial charge in [0.25, 0.3) is 5.56 Å². The second-order valence-electron chi connectivity index (χ2n) is 7.71. The Hall–Kier alpha value is -3.04. The zero-order valence-electron chi connectivity index (χ0n) is 19.2. The highest BCUT2D eigenvalue weighted by atomic mass is 16.5. The molecule has 3 heterocycles. The van der Waals surface area contributed by atoms with Crippen LogP contribution in [0, 0.1) is 0 Å². The first kappa shape index (κ1) is 23.6. The third kappa shape index (κ3) is 6.02. The Morgan fingerprint density at radius 2 is 1.97 bits per heavy atom. The maximum absolute atomic E-state index is 13.2. The number of anilines is 1. The van der Waals surface area contributed by atoms with Crippen molar-refractivity contribution in [2.24, 2.45) is 0 Å². The number of hydrogen-bond acceptors (Lipinski definition) is 8. The Kier molecular flexibility index (Phi) is 8.52. The first-order valence-electron chi connectivity index (χ1n) is 11.0. The smallest absolute Gasteiger partial charge is 0.293 e. The van der Waals surface area contributed by atoms with Crippen LogP contribution in [0.3, 0.4) is 0 Å². The normalized spacial score (nSPS) is 11.3. The molecule has 0 spiro atoms. The molecule has 9 heteroatoms. The molecular formula is C23H32N6O3. The number of fused-ring (bicyclic) bond motifs is 1. The van der Waals surface area contributed by atoms with Gasteiger partial charge in [0.15, 0.2) is 5.82 Å². The number of nitrogens with one attached hydrogen (secondary N) is 2. The fourth-order valence-electron chi connectivity index (χ4n) is 3.24. The minimum Gasteiger partial charge on any atom is -0.481 e. The minimum atomic E-state index is -0.174. The van der Waals surface area contributed by atoms with Crippen molar-refractivity contribution >= 4 is 16.9 Å². The Bertz CT molecular complexity index is 1070. The molecule has 0 unspecified atom stereocenters. The van der Waals surface area contributed by atoms with Crippen molar-refractivity contribution in [1.82, 2.24) is 24.8 Å². The summed E-state index contributed by atoms with van der Waals surface area (Å²) in [6.45, 7) is 9.10. The SMILES string of the molecule is CCCOCCn1c(=O)c(NCCNC(C)C)nc2cnc(-c3ccc(OC)nc3)cc21. The lowest BCUT2D eigenvalue weighted by molar-refractivity contribution is 0.127. The third-order valence-electron chi connectivity index (χ3n) is 4.85. The summed E-state index contributed by atoms with van der Waals surface area (Å²) in [6, 6.07) is 5.92. The first-order chi connectivity index (χ1) is 15.5. The summed E-state index contributed by atoms with van der Waals surface area (Å²) >= 11 is 0. The lowest BCUT2D eigenvalue weighted by Gasteiger charge is -2.15. The summed E-state index contributed by atoms with van der Waals surface area (Å²) in [5, 5.41) is 6.48. The number of aromatic nitrogens is 4. The van der Waals surface area contributed by atoms with Crippen molar-refractivity contribution in [3.63, 3.8) is 0 Å². The molecule has 0 amide bonds. The number of ether oxygens (including phenoxy) is 2. The van der Waals surface area contributed by atoms with Gasteiger partial charge in [0.1, 0.15) is 5.52 Å². The number of rotatable bonds is 12. The second-order valence-corrected chi connectivity index (χ2v) is 7.71. The molecule has 0 aliphatic rings. The number of nitrogens with zero attached hydrogens (tertiary/aromatic N) is 4. The van der Waals surface area contributed by atoms with E-state index in [4.69, 9.17) is 9.47 Å². The minimum absolute atomic E-state index is 0.174. The van der Waals surface area contributed by atoms with Crippen LogP contribution in [-0.2, 0) is 11.3 Å². The summed E-state index contributed by atoms with van der Waals surface area (Å²) < 4.78 is 12.5. The quantitative estimate of drug-likeness (QED) is 0.415. The van der Waals surface area contributed by atoms with E-state index in [9.17, 15) is 4.79 Å². The van der Waals surface area contributed by atoms with Gasteiger partial charge in [-0.15, -0.1) is 0 Å². The molecular weight excluding hydrogens is 408 g/mol. The average Bonchev–Trinajstić information content (AvgIpc) is 2.80. The number of pyridine rings is 2. The second kappa shape index (κ2) is 11.5. The highest BCUT2D eigenvalue weighted by Crippen LogP contribution is 2.22. The third-order valence-corrected chi connectivity index (χ3v) is 4.85. The average molecular weight is 441 g/mol. The van der Waals surface area contributed by atoms with Gasteiger partial charge in [0.05, 0.1) is 31.1 Å². The van der Waals surface area contributed by atoms with Crippen LogP contribution in [0.2, 0.25) is 0 Å². The Morgan fingerprint density at radius 3 is 2.66 bits per heavy atom. The van der Waals surface area contributed by atoms with E-state index in [2.05, 4.69) is 46.4 Å². The Labute approximate surface area is 188 Å². The van der Waals surface area contributed by atoms with Gasteiger partial charge in [-0.25, -0.2) is 9.97 Å². The first-order valence-corrected chi connectivity index (χ1v) is 11.0. The summed E-state index contributed by atoms with van der Waals surface area (Å²) in [4.78, 5) is 26.6. The maximum atomic E-state index is 13.2. The molecule has 0 saturated carbocycles. The molecule has 2 N–H and O–H groups in total. The van der Waals surface area contributed by atoms with Crippen LogP contribution in [0.5, 0.6) is 5.88 Å². The standard InChI is InChI=1S/C23H32N6O3/c1-5-11-32-12-10-29-20-13-18(17-6-7-21(31-4)27-14-17)26-15-19(20)28-22(23(29)30)25-9-8-24-16(2)3/h6-7,13-16,24H,5,8-12H2,1-4H3,(H,25,28). The fourth-order valence-corrected chi connectivity index (χ4v) is 3.24. The van der Waals surface area contributed by atoms with E-state index in [0.717, 1.165) is 18.5 Å². The number of hydrogen-bond donors (Lipinski definition) is 2. The molecule has 0 bridgehead atoms. The van der Waals surface area contributed by atoms with Crippen molar-refractivity contribution in [2.75, 3.05) is 38.7 Å². The van der Waals surface area contributed by atoms with Gasteiger partial charge >= 0.3 is 0 Å². The predicted octanol–water partition coefficient (Wildman–Crippen LogP) is 2.70. The van der Waals surface area contributed by atoms with Crippen LogP contribution in [0.4, 0.5) is 5.82 Å². The van der Waals surface area contributed by atoms with E-state index >= 15 is 0 Å². The van der Waals surface area contributed by atoms with E-state index in [0.29, 0.717) is 60.8 Å². The molecule has 3 rings (SSSR count). The summed E-state index contributed by atoms with van der Waals surface area (Å²) in [7, 11) is 1.58. The molecule has 0 saturated heterocycles. The molecule has 9 nitrogen and oxygen atoms in total. The van der Waals surface area contributed by atoms with E-state index in [-0.39, 0.29) is 5.56 Å². The van der Waals surface area contributed by atoms with Crippen LogP contribution in [-0.4, -0.2) is 59.0 Å². The molecule has 0 fully saturated rings. The van der Waals surface area contributed by atoms with Gasteiger partial charge in [0.2, 0.25) is 5.88 Å². The highest BCUT2D eigenvalue weighted by molar-refractivity contribution is 5.80. The van der Waals surface area contributed by atoms with Gasteiger partial charge in [-0.2, -0.15) is 0 Å². The summed E-state index contributed by atoms with van der Waals surface area (Å²) in [5.74, 6) is 0.850. The molecule has 172 valence electrons. The maximum Gasteiger partial charge on any atom is 0.293 e. The monoisotopic (exact) mass is 440 g/mol. The van der Waals surface area contributed by atoms with Gasteiger partial charge in [-0.05, 0) is 18.6 Å². The van der Waals surface area contributed by atoms with Crippen LogP contribution in [0.25, 0.3) is 22.3 Å². The van der Waals surface area contributed by atoms with E-state index in [1.807, 2.05) is 12.1 Å². The van der Waals surface area contributed by atoms with Gasteiger partial charge in [-0.3, -0.25) is 9.78 Å². The molecule has 32 heavy (non-hydrogen) atoms. The lowest BCUT2D eigenvalue weighted by Crippen LogP contribution is -2.32. The van der Waals surface area contributed by atoms with Crippen molar-refractivity contribution in [3.8, 4) is 17.1 Å². The van der Waals surface area contributed by atoms with Crippen molar-refractivity contribution < 1.29 is 9.47 Å². The molecule has 3 aromatic rings. The zero-order chi connectivity index (χ0) is 22.9. The Balaban J connectivity index is 1.95. The Morgan fingerprint density at radius 1 is 1.12 bits per heavy atom. The van der Waals surface area contributed by atoms with E-state index in [1.165, 1.54) is 0 Å². The molecule has 0 atom stereocenters. The molecule has 0 aromatic carbocycles. The van der Waals surface area contributed by atoms with Crippen molar-refractivity contribution in [1.29, 1.82) is 0 Å².